The molecule has 0 unspecified atom stereocenters. The minimum absolute atomic E-state index is 0.155. The largest absolute Gasteiger partial charge is 0.354 e. The van der Waals surface area contributed by atoms with Crippen LogP contribution in [0.1, 0.15) is 24.8 Å². The van der Waals surface area contributed by atoms with E-state index >= 15 is 0 Å². The Bertz CT molecular complexity index is 572. The van der Waals surface area contributed by atoms with Crippen LogP contribution in [-0.2, 0) is 11.2 Å². The molecule has 1 aliphatic rings. The van der Waals surface area contributed by atoms with E-state index in [0.717, 1.165) is 24.8 Å². The van der Waals surface area contributed by atoms with E-state index < -0.39 is 0 Å². The Morgan fingerprint density at radius 3 is 2.50 bits per heavy atom. The molecule has 0 aromatic heterocycles. The van der Waals surface area contributed by atoms with Gasteiger partial charge in [-0.05, 0) is 42.9 Å². The quantitative estimate of drug-likeness (QED) is 0.528. The van der Waals surface area contributed by atoms with Gasteiger partial charge in [0.2, 0.25) is 5.91 Å². The third-order valence-electron chi connectivity index (χ3n) is 3.94. The normalized spacial score (nSPS) is 16.5. The van der Waals surface area contributed by atoms with Crippen LogP contribution in [-0.4, -0.2) is 31.6 Å². The smallest absolute Gasteiger partial charge is 0.314 e. The van der Waals surface area contributed by atoms with Gasteiger partial charge in [0.05, 0.1) is 6.42 Å². The zero-order valence-electron chi connectivity index (χ0n) is 13.7. The topological polar surface area (TPSA) is 70.2 Å². The summed E-state index contributed by atoms with van der Waals surface area (Å²) in [7, 11) is 0. The highest BCUT2D eigenvalue weighted by atomic mass is 19.1. The van der Waals surface area contributed by atoms with Crippen LogP contribution < -0.4 is 16.0 Å². The lowest BCUT2D eigenvalue weighted by molar-refractivity contribution is -0.120. The molecule has 0 spiro atoms. The summed E-state index contributed by atoms with van der Waals surface area (Å²) in [5.74, 6) is 0.0348. The second kappa shape index (κ2) is 9.70. The van der Waals surface area contributed by atoms with Gasteiger partial charge in [0, 0.05) is 19.6 Å². The molecule has 3 N–H and O–H groups in total. The summed E-state index contributed by atoms with van der Waals surface area (Å²) in [6.07, 6.45) is 7.72. The molecule has 1 aromatic carbocycles. The molecule has 1 aromatic rings. The molecule has 3 amide bonds. The standard InChI is InChI=1S/C18H24FN3O2/c19-16-8-6-14(7-9-16)12-17(23)20-10-11-21-18(24)22-13-15-4-2-1-3-5-15/h1-2,6-9,15H,3-5,10-13H2,(H,20,23)(H2,21,22,24)/t15-/m1/s1. The summed E-state index contributed by atoms with van der Waals surface area (Å²) in [4.78, 5) is 23.4. The van der Waals surface area contributed by atoms with Crippen molar-refractivity contribution >= 4 is 11.9 Å². The molecule has 0 fully saturated rings. The molecular weight excluding hydrogens is 309 g/mol. The maximum atomic E-state index is 12.8. The first kappa shape index (κ1) is 18.0. The lowest BCUT2D eigenvalue weighted by atomic mass is 9.94. The van der Waals surface area contributed by atoms with Gasteiger partial charge >= 0.3 is 6.03 Å². The van der Waals surface area contributed by atoms with Gasteiger partial charge in [-0.25, -0.2) is 9.18 Å². The van der Waals surface area contributed by atoms with Crippen LogP contribution >= 0.6 is 0 Å². The SMILES string of the molecule is O=C(Cc1ccc(F)cc1)NCCNC(=O)NC[C@@H]1CC=CCC1. The molecule has 0 radical (unpaired) electrons. The van der Waals surface area contributed by atoms with Crippen LogP contribution in [0.4, 0.5) is 9.18 Å². The zero-order valence-corrected chi connectivity index (χ0v) is 13.7. The molecule has 6 heteroatoms. The lowest BCUT2D eigenvalue weighted by Crippen LogP contribution is -2.42. The average Bonchev–Trinajstić information content (AvgIpc) is 2.60. The highest BCUT2D eigenvalue weighted by molar-refractivity contribution is 5.78. The van der Waals surface area contributed by atoms with Crippen LogP contribution in [0.15, 0.2) is 36.4 Å². The van der Waals surface area contributed by atoms with Crippen molar-refractivity contribution < 1.29 is 14.0 Å². The Balaban J connectivity index is 1.53. The molecule has 0 bridgehead atoms. The number of allylic oxidation sites excluding steroid dienone is 2. The summed E-state index contributed by atoms with van der Waals surface area (Å²) in [6, 6.07) is 5.62. The Labute approximate surface area is 141 Å². The van der Waals surface area contributed by atoms with Crippen molar-refractivity contribution in [3.8, 4) is 0 Å². The number of amides is 3. The number of nitrogens with one attached hydrogen (secondary N) is 3. The number of benzene rings is 1. The number of carbonyl (C=O) groups is 2. The van der Waals surface area contributed by atoms with E-state index in [1.54, 1.807) is 12.1 Å². The Kier molecular flexibility index (Phi) is 7.26. The number of carbonyl (C=O) groups excluding carboxylic acids is 2. The van der Waals surface area contributed by atoms with Crippen molar-refractivity contribution in [1.29, 1.82) is 0 Å². The molecule has 2 rings (SSSR count). The van der Waals surface area contributed by atoms with Crippen molar-refractivity contribution in [2.24, 2.45) is 5.92 Å². The third-order valence-corrected chi connectivity index (χ3v) is 3.94. The van der Waals surface area contributed by atoms with Crippen LogP contribution in [0.2, 0.25) is 0 Å². The molecular formula is C18H24FN3O2. The molecule has 24 heavy (non-hydrogen) atoms. The van der Waals surface area contributed by atoms with Gasteiger partial charge in [0.1, 0.15) is 5.82 Å². The predicted molar refractivity (Wildman–Crippen MR) is 91.0 cm³/mol. The van der Waals surface area contributed by atoms with Crippen LogP contribution in [0, 0.1) is 11.7 Å². The van der Waals surface area contributed by atoms with Crippen molar-refractivity contribution in [3.05, 3.63) is 47.8 Å². The monoisotopic (exact) mass is 333 g/mol. The molecule has 0 saturated carbocycles. The molecule has 0 aliphatic heterocycles. The third kappa shape index (κ3) is 6.81. The minimum Gasteiger partial charge on any atom is -0.354 e. The van der Waals surface area contributed by atoms with Gasteiger partial charge in [0.25, 0.3) is 0 Å². The maximum absolute atomic E-state index is 12.8. The van der Waals surface area contributed by atoms with E-state index in [0.29, 0.717) is 25.6 Å². The van der Waals surface area contributed by atoms with E-state index in [1.807, 2.05) is 0 Å². The number of rotatable bonds is 7. The van der Waals surface area contributed by atoms with E-state index in [9.17, 15) is 14.0 Å². The van der Waals surface area contributed by atoms with Crippen LogP contribution in [0.5, 0.6) is 0 Å². The molecule has 1 atom stereocenters. The van der Waals surface area contributed by atoms with E-state index in [-0.39, 0.29) is 24.2 Å². The molecule has 130 valence electrons. The predicted octanol–water partition coefficient (Wildman–Crippen LogP) is 2.14. The van der Waals surface area contributed by atoms with E-state index in [1.165, 1.54) is 12.1 Å². The second-order valence-corrected chi connectivity index (χ2v) is 5.94. The molecule has 1 aliphatic carbocycles. The first-order chi connectivity index (χ1) is 11.6. The zero-order chi connectivity index (χ0) is 17.2. The fourth-order valence-corrected chi connectivity index (χ4v) is 2.57. The highest BCUT2D eigenvalue weighted by Gasteiger charge is 2.11. The van der Waals surface area contributed by atoms with E-state index in [2.05, 4.69) is 28.1 Å². The number of urea groups is 1. The van der Waals surface area contributed by atoms with Gasteiger partial charge in [-0.3, -0.25) is 4.79 Å². The average molecular weight is 333 g/mol. The second-order valence-electron chi connectivity index (χ2n) is 5.94. The van der Waals surface area contributed by atoms with Crippen molar-refractivity contribution in [1.82, 2.24) is 16.0 Å². The Hall–Kier alpha value is -2.37. The minimum atomic E-state index is -0.321. The fraction of sp³-hybridized carbons (Fsp3) is 0.444. The number of hydrogen-bond donors (Lipinski definition) is 3. The first-order valence-electron chi connectivity index (χ1n) is 8.31. The summed E-state index contributed by atoms with van der Waals surface area (Å²) in [5, 5.41) is 8.29. The van der Waals surface area contributed by atoms with Gasteiger partial charge in [-0.2, -0.15) is 0 Å². The van der Waals surface area contributed by atoms with Crippen molar-refractivity contribution in [2.45, 2.75) is 25.7 Å². The van der Waals surface area contributed by atoms with Crippen LogP contribution in [0.25, 0.3) is 0 Å². The summed E-state index contributed by atoms with van der Waals surface area (Å²) < 4.78 is 12.8. The fourth-order valence-electron chi connectivity index (χ4n) is 2.57. The lowest BCUT2D eigenvalue weighted by Gasteiger charge is -2.18. The summed E-state index contributed by atoms with van der Waals surface area (Å²) >= 11 is 0. The van der Waals surface area contributed by atoms with Crippen molar-refractivity contribution in [2.75, 3.05) is 19.6 Å². The summed E-state index contributed by atoms with van der Waals surface area (Å²) in [6.45, 7) is 1.40. The summed E-state index contributed by atoms with van der Waals surface area (Å²) in [5.41, 5.74) is 0.751. The van der Waals surface area contributed by atoms with Gasteiger partial charge in [-0.1, -0.05) is 24.3 Å². The number of hydrogen-bond acceptors (Lipinski definition) is 2. The van der Waals surface area contributed by atoms with Crippen molar-refractivity contribution in [3.63, 3.8) is 0 Å². The number of halogens is 1. The van der Waals surface area contributed by atoms with Crippen LogP contribution in [0.3, 0.4) is 0 Å². The van der Waals surface area contributed by atoms with E-state index in [4.69, 9.17) is 0 Å². The van der Waals surface area contributed by atoms with Gasteiger partial charge in [0.15, 0.2) is 0 Å². The maximum Gasteiger partial charge on any atom is 0.314 e. The van der Waals surface area contributed by atoms with Gasteiger partial charge < -0.3 is 16.0 Å². The Morgan fingerprint density at radius 2 is 1.79 bits per heavy atom. The highest BCUT2D eigenvalue weighted by Crippen LogP contribution is 2.16. The first-order valence-corrected chi connectivity index (χ1v) is 8.31. The molecule has 0 heterocycles. The van der Waals surface area contributed by atoms with Gasteiger partial charge in [-0.15, -0.1) is 0 Å². The molecule has 5 nitrogen and oxygen atoms in total. The molecule has 0 saturated heterocycles. The Morgan fingerprint density at radius 1 is 1.04 bits per heavy atom.